The highest BCUT2D eigenvalue weighted by atomic mass is 32.1. The van der Waals surface area contributed by atoms with E-state index in [-0.39, 0.29) is 5.57 Å². The Labute approximate surface area is 238 Å². The molecule has 0 aliphatic carbocycles. The van der Waals surface area contributed by atoms with Gasteiger partial charge in [-0.2, -0.15) is 0 Å². The fourth-order valence-corrected chi connectivity index (χ4v) is 6.33. The van der Waals surface area contributed by atoms with Crippen LogP contribution in [0.5, 0.6) is 11.5 Å². The molecule has 3 aromatic carbocycles. The lowest BCUT2D eigenvalue weighted by Gasteiger charge is -2.24. The van der Waals surface area contributed by atoms with Gasteiger partial charge in [0.25, 0.3) is 5.91 Å². The Bertz CT molecular complexity index is 1710. The first-order chi connectivity index (χ1) is 19.5. The molecule has 1 aliphatic heterocycles. The summed E-state index contributed by atoms with van der Waals surface area (Å²) in [6.45, 7) is 2.85. The highest BCUT2D eigenvalue weighted by molar-refractivity contribution is 7.22. The van der Waals surface area contributed by atoms with Gasteiger partial charge in [-0.25, -0.2) is 4.98 Å². The zero-order chi connectivity index (χ0) is 27.6. The number of fused-ring (bicyclic) bond motifs is 1. The number of carbonyl (C=O) groups is 2. The standard InChI is InChI=1S/C31H24N2O5S2/c1-2-37-22-14-15-23-25(17-22)40-31(32-23)33-27(26(29(35)30(33)36)28(34)24-9-6-16-39-24)20-10-12-21(13-11-20)38-18-19-7-4-3-5-8-19/h3-17,27,35H,2,18H2,1H3. The SMILES string of the molecule is CCOc1ccc2nc(N3C(=O)C(O)=C(C(=O)c4cccs4)C3c3ccc(OCc4ccccc4)cc3)sc2c1. The Balaban J connectivity index is 1.38. The van der Waals surface area contributed by atoms with Gasteiger partial charge in [-0.15, -0.1) is 11.3 Å². The molecule has 5 aromatic rings. The van der Waals surface area contributed by atoms with E-state index in [2.05, 4.69) is 0 Å². The molecule has 0 saturated heterocycles. The van der Waals surface area contributed by atoms with Crippen LogP contribution in [0.25, 0.3) is 10.2 Å². The molecule has 200 valence electrons. The molecule has 0 saturated carbocycles. The molecule has 1 N–H and O–H groups in total. The van der Waals surface area contributed by atoms with Gasteiger partial charge in [-0.05, 0) is 59.8 Å². The Hall–Kier alpha value is -4.47. The van der Waals surface area contributed by atoms with E-state index < -0.39 is 23.5 Å². The summed E-state index contributed by atoms with van der Waals surface area (Å²) in [5.74, 6) is -0.278. The van der Waals surface area contributed by atoms with Crippen LogP contribution in [0.2, 0.25) is 0 Å². The first kappa shape index (κ1) is 25.8. The number of anilines is 1. The fraction of sp³-hybridized carbons (Fsp3) is 0.129. The van der Waals surface area contributed by atoms with Crippen molar-refractivity contribution in [2.75, 3.05) is 11.5 Å². The lowest BCUT2D eigenvalue weighted by Crippen LogP contribution is -2.30. The largest absolute Gasteiger partial charge is 0.503 e. The van der Waals surface area contributed by atoms with Crippen LogP contribution >= 0.6 is 22.7 Å². The van der Waals surface area contributed by atoms with E-state index in [9.17, 15) is 14.7 Å². The van der Waals surface area contributed by atoms with Crippen LogP contribution in [-0.4, -0.2) is 28.4 Å². The molecular weight excluding hydrogens is 544 g/mol. The van der Waals surface area contributed by atoms with E-state index in [1.165, 1.54) is 27.6 Å². The van der Waals surface area contributed by atoms with Gasteiger partial charge in [0.2, 0.25) is 5.78 Å². The molecule has 1 atom stereocenters. The first-order valence-electron chi connectivity index (χ1n) is 12.7. The molecule has 3 heterocycles. The average molecular weight is 569 g/mol. The number of amides is 1. The first-order valence-corrected chi connectivity index (χ1v) is 14.4. The van der Waals surface area contributed by atoms with Crippen molar-refractivity contribution in [3.8, 4) is 11.5 Å². The van der Waals surface area contributed by atoms with Crippen LogP contribution in [0, 0.1) is 0 Å². The maximum atomic E-state index is 13.6. The van der Waals surface area contributed by atoms with Gasteiger partial charge in [-0.1, -0.05) is 59.9 Å². The quantitative estimate of drug-likeness (QED) is 0.191. The number of ketones is 1. The molecule has 7 nitrogen and oxygen atoms in total. The molecule has 1 amide bonds. The lowest BCUT2D eigenvalue weighted by atomic mass is 9.95. The second kappa shape index (κ2) is 11.0. The minimum absolute atomic E-state index is 0.0275. The number of carbonyl (C=O) groups excluding carboxylic acids is 2. The summed E-state index contributed by atoms with van der Waals surface area (Å²) >= 11 is 2.56. The molecule has 0 spiro atoms. The second-order valence-corrected chi connectivity index (χ2v) is 11.0. The van der Waals surface area contributed by atoms with E-state index >= 15 is 0 Å². The predicted octanol–water partition coefficient (Wildman–Crippen LogP) is 7.12. The minimum Gasteiger partial charge on any atom is -0.503 e. The van der Waals surface area contributed by atoms with Crippen LogP contribution in [0.15, 0.2) is 102 Å². The van der Waals surface area contributed by atoms with Crippen molar-refractivity contribution in [2.45, 2.75) is 19.6 Å². The van der Waals surface area contributed by atoms with Crippen LogP contribution in [0.3, 0.4) is 0 Å². The van der Waals surface area contributed by atoms with Crippen molar-refractivity contribution >= 4 is 49.7 Å². The third-order valence-electron chi connectivity index (χ3n) is 6.51. The summed E-state index contributed by atoms with van der Waals surface area (Å²) in [5, 5.41) is 13.2. The number of nitrogens with zero attached hydrogens (tertiary/aromatic N) is 2. The molecule has 0 bridgehead atoms. The van der Waals surface area contributed by atoms with Crippen LogP contribution in [0.4, 0.5) is 5.13 Å². The highest BCUT2D eigenvalue weighted by Gasteiger charge is 2.46. The normalized spacial score (nSPS) is 15.2. The zero-order valence-electron chi connectivity index (χ0n) is 21.4. The number of hydrogen-bond donors (Lipinski definition) is 1. The third kappa shape index (κ3) is 4.85. The van der Waals surface area contributed by atoms with Crippen molar-refractivity contribution < 1.29 is 24.2 Å². The van der Waals surface area contributed by atoms with Crippen molar-refractivity contribution in [1.29, 1.82) is 0 Å². The van der Waals surface area contributed by atoms with Gasteiger partial charge in [0.15, 0.2) is 10.9 Å². The van der Waals surface area contributed by atoms with Crippen molar-refractivity contribution in [1.82, 2.24) is 4.98 Å². The smallest absolute Gasteiger partial charge is 0.296 e. The van der Waals surface area contributed by atoms with Gasteiger partial charge in [-0.3, -0.25) is 14.5 Å². The Morgan fingerprint density at radius 3 is 2.48 bits per heavy atom. The molecule has 2 aromatic heterocycles. The van der Waals surface area contributed by atoms with Crippen molar-refractivity contribution in [3.63, 3.8) is 0 Å². The molecule has 1 unspecified atom stereocenters. The van der Waals surface area contributed by atoms with E-state index in [4.69, 9.17) is 14.5 Å². The summed E-state index contributed by atoms with van der Waals surface area (Å²) in [4.78, 5) is 33.7. The maximum Gasteiger partial charge on any atom is 0.296 e. The number of ether oxygens (including phenoxy) is 2. The number of aromatic nitrogens is 1. The van der Waals surface area contributed by atoms with E-state index in [1.54, 1.807) is 29.6 Å². The third-order valence-corrected chi connectivity index (χ3v) is 8.39. The van der Waals surface area contributed by atoms with Gasteiger partial charge < -0.3 is 14.6 Å². The summed E-state index contributed by atoms with van der Waals surface area (Å²) in [7, 11) is 0. The molecule has 6 rings (SSSR count). The second-order valence-electron chi connectivity index (χ2n) is 9.05. The van der Waals surface area contributed by atoms with E-state index in [0.717, 1.165) is 10.3 Å². The summed E-state index contributed by atoms with van der Waals surface area (Å²) in [6.07, 6.45) is 0. The maximum absolute atomic E-state index is 13.6. The van der Waals surface area contributed by atoms with Crippen molar-refractivity contribution in [2.24, 2.45) is 0 Å². The van der Waals surface area contributed by atoms with Gasteiger partial charge in [0.1, 0.15) is 18.1 Å². The monoisotopic (exact) mass is 568 g/mol. The number of benzene rings is 3. The molecule has 0 fully saturated rings. The minimum atomic E-state index is -0.864. The number of rotatable bonds is 9. The van der Waals surface area contributed by atoms with E-state index in [1.807, 2.05) is 67.6 Å². The molecule has 9 heteroatoms. The van der Waals surface area contributed by atoms with Gasteiger partial charge in [0.05, 0.1) is 33.3 Å². The Morgan fingerprint density at radius 1 is 0.975 bits per heavy atom. The number of hydrogen-bond acceptors (Lipinski definition) is 8. The number of thiophene rings is 1. The number of aliphatic hydroxyl groups excluding tert-OH is 1. The summed E-state index contributed by atoms with van der Waals surface area (Å²) < 4.78 is 12.4. The van der Waals surface area contributed by atoms with Gasteiger partial charge in [0, 0.05) is 0 Å². The van der Waals surface area contributed by atoms with Crippen LogP contribution < -0.4 is 14.4 Å². The number of Topliss-reactive ketones (excluding diaryl/α,β-unsaturated/α-hetero) is 1. The molecule has 0 radical (unpaired) electrons. The lowest BCUT2D eigenvalue weighted by molar-refractivity contribution is -0.117. The highest BCUT2D eigenvalue weighted by Crippen LogP contribution is 2.45. The number of thiazole rings is 1. The topological polar surface area (TPSA) is 89.0 Å². The summed E-state index contributed by atoms with van der Waals surface area (Å²) in [6, 6.07) is 25.2. The predicted molar refractivity (Wildman–Crippen MR) is 157 cm³/mol. The van der Waals surface area contributed by atoms with Crippen LogP contribution in [-0.2, 0) is 11.4 Å². The molecule has 40 heavy (non-hydrogen) atoms. The Kier molecular flexibility index (Phi) is 7.06. The number of aliphatic hydroxyl groups is 1. The van der Waals surface area contributed by atoms with Crippen LogP contribution in [0.1, 0.15) is 33.8 Å². The fourth-order valence-electron chi connectivity index (χ4n) is 4.63. The molecular formula is C31H24N2O5S2. The Morgan fingerprint density at radius 2 is 1.75 bits per heavy atom. The summed E-state index contributed by atoms with van der Waals surface area (Å²) in [5.41, 5.74) is 2.41. The molecule has 1 aliphatic rings. The van der Waals surface area contributed by atoms with E-state index in [0.29, 0.717) is 45.8 Å². The van der Waals surface area contributed by atoms with Crippen molar-refractivity contribution in [3.05, 3.63) is 118 Å². The zero-order valence-corrected chi connectivity index (χ0v) is 23.1. The van der Waals surface area contributed by atoms with Gasteiger partial charge >= 0.3 is 0 Å². The average Bonchev–Trinajstić information content (AvgIpc) is 3.71.